The van der Waals surface area contributed by atoms with Gasteiger partial charge in [0.25, 0.3) is 6.71 Å². The standard InChI is InChI=1S/C112H108BN3/c1-106(2,3)78-46-42-74(43-47-78)87-63-82(110(13,14)15)64-88(75-44-48-79(49-45-75)107(4,5)6)105(87)116-101-59-71(69-115-98-53-50-80(108(7,8)9)61-90(98)91-62-81(109(10,11)12)51-54-99(91)115)41-52-96(101)113-97-68-95-89(86-37-27-30-40-94(86)112(95)92-38-28-25-35-84(92)85-36-26-29-39-93(85)112)67-100(97)114(102-65-83(111(16,17)18)66-103(116)104(102)113)56-55-70-57-76(72-31-21-19-22-32-72)60-77(58-70)73-33-23-20-24-34-73/h19-54,57-68H,55-56,69H2,1-18H3. The van der Waals surface area contributed by atoms with Crippen molar-refractivity contribution < 1.29 is 0 Å². The van der Waals surface area contributed by atoms with Gasteiger partial charge < -0.3 is 14.4 Å². The zero-order valence-electron chi connectivity index (χ0n) is 71.3. The molecule has 0 saturated carbocycles. The van der Waals surface area contributed by atoms with Gasteiger partial charge in [0.1, 0.15) is 0 Å². The largest absolute Gasteiger partial charge is 0.342 e. The maximum absolute atomic E-state index is 2.82. The lowest BCUT2D eigenvalue weighted by atomic mass is 9.33. The molecule has 0 amide bonds. The van der Waals surface area contributed by atoms with Crippen LogP contribution in [-0.4, -0.2) is 17.8 Å². The van der Waals surface area contributed by atoms with Crippen LogP contribution in [0.1, 0.15) is 191 Å². The number of anilines is 5. The Labute approximate surface area is 689 Å². The molecule has 15 aromatic rings. The molecule has 0 atom stereocenters. The summed E-state index contributed by atoms with van der Waals surface area (Å²) < 4.78 is 2.63. The molecule has 0 N–H and O–H groups in total. The van der Waals surface area contributed by atoms with Crippen LogP contribution >= 0.6 is 0 Å². The summed E-state index contributed by atoms with van der Waals surface area (Å²) in [5.41, 5.74) is 42.1. The number of hydrogen-bond donors (Lipinski definition) is 0. The Morgan fingerprint density at radius 3 is 1.18 bits per heavy atom. The van der Waals surface area contributed by atoms with Gasteiger partial charge in [-0.1, -0.05) is 349 Å². The molecule has 3 nitrogen and oxygen atoms in total. The van der Waals surface area contributed by atoms with Gasteiger partial charge >= 0.3 is 0 Å². The second-order valence-electron chi connectivity index (χ2n) is 40.1. The van der Waals surface area contributed by atoms with E-state index in [1.165, 1.54) is 200 Å². The summed E-state index contributed by atoms with van der Waals surface area (Å²) in [6.45, 7) is 43.8. The summed E-state index contributed by atoms with van der Waals surface area (Å²) in [4.78, 5) is 5.62. The molecule has 14 aromatic carbocycles. The molecule has 116 heavy (non-hydrogen) atoms. The number of benzene rings is 14. The van der Waals surface area contributed by atoms with Crippen LogP contribution in [0.3, 0.4) is 0 Å². The Kier molecular flexibility index (Phi) is 17.2. The maximum Gasteiger partial charge on any atom is 0.252 e. The normalized spacial score (nSPS) is 14.1. The highest BCUT2D eigenvalue weighted by molar-refractivity contribution is 7.00. The van der Waals surface area contributed by atoms with Gasteiger partial charge in [-0.25, -0.2) is 0 Å². The molecular formula is C112H108BN3. The van der Waals surface area contributed by atoms with Gasteiger partial charge in [0.2, 0.25) is 0 Å². The maximum atomic E-state index is 2.82. The van der Waals surface area contributed by atoms with Crippen LogP contribution in [0.4, 0.5) is 28.4 Å². The zero-order chi connectivity index (χ0) is 80.7. The monoisotopic (exact) mass is 1510 g/mol. The molecule has 0 unspecified atom stereocenters. The average molecular weight is 1510 g/mol. The third-order valence-electron chi connectivity index (χ3n) is 26.3. The second-order valence-corrected chi connectivity index (χ2v) is 40.1. The van der Waals surface area contributed by atoms with E-state index in [9.17, 15) is 0 Å². The summed E-state index contributed by atoms with van der Waals surface area (Å²) in [6, 6.07) is 115. The predicted octanol–water partition coefficient (Wildman–Crippen LogP) is 27.6. The van der Waals surface area contributed by atoms with Crippen molar-refractivity contribution in [3.05, 3.63) is 358 Å². The minimum atomic E-state index is -0.579. The van der Waals surface area contributed by atoms with Gasteiger partial charge in [-0.3, -0.25) is 0 Å². The summed E-state index contributed by atoms with van der Waals surface area (Å²) in [7, 11) is 0. The Bertz CT molecular complexity index is 6210. The fourth-order valence-corrected chi connectivity index (χ4v) is 19.8. The first kappa shape index (κ1) is 74.6. The third kappa shape index (κ3) is 12.3. The molecule has 0 fully saturated rings. The van der Waals surface area contributed by atoms with Crippen LogP contribution in [0.5, 0.6) is 0 Å². The first-order chi connectivity index (χ1) is 55.3. The fraction of sp³-hybridized carbons (Fsp3) is 0.250. The van der Waals surface area contributed by atoms with E-state index in [1.807, 2.05) is 0 Å². The molecule has 2 aliphatic carbocycles. The van der Waals surface area contributed by atoms with E-state index in [-0.39, 0.29) is 39.2 Å². The molecule has 0 saturated heterocycles. The van der Waals surface area contributed by atoms with Crippen molar-refractivity contribution in [3.8, 4) is 66.8 Å². The van der Waals surface area contributed by atoms with Crippen molar-refractivity contribution in [2.75, 3.05) is 16.3 Å². The van der Waals surface area contributed by atoms with Gasteiger partial charge in [0.05, 0.1) is 11.1 Å². The quantitative estimate of drug-likeness (QED) is 0.126. The second kappa shape index (κ2) is 26.8. The molecule has 1 aromatic heterocycles. The molecule has 1 spiro atoms. The number of hydrogen-bond acceptors (Lipinski definition) is 2. The Balaban J connectivity index is 0.937. The van der Waals surface area contributed by atoms with Gasteiger partial charge in [-0.15, -0.1) is 0 Å². The third-order valence-corrected chi connectivity index (χ3v) is 26.3. The van der Waals surface area contributed by atoms with Crippen molar-refractivity contribution in [1.82, 2.24) is 4.57 Å². The molecule has 0 radical (unpaired) electrons. The van der Waals surface area contributed by atoms with Gasteiger partial charge in [-0.2, -0.15) is 0 Å². The molecule has 4 aliphatic rings. The van der Waals surface area contributed by atoms with Crippen molar-refractivity contribution in [2.24, 2.45) is 0 Å². The molecule has 574 valence electrons. The van der Waals surface area contributed by atoms with Crippen molar-refractivity contribution in [3.63, 3.8) is 0 Å². The highest BCUT2D eigenvalue weighted by Gasteiger charge is 2.54. The van der Waals surface area contributed by atoms with E-state index < -0.39 is 5.41 Å². The van der Waals surface area contributed by atoms with Crippen LogP contribution in [0.25, 0.3) is 88.6 Å². The lowest BCUT2D eigenvalue weighted by molar-refractivity contribution is 0.589. The SMILES string of the molecule is CC(C)(C)c1ccc(-c2cc(C(C)(C)C)cc(-c3ccc(C(C)(C)C)cc3)c2N2c3cc(Cn4c5ccc(C(C)(C)C)cc5c5cc(C(C)(C)C)ccc54)ccc3B3c4cc5c(cc4N(CCc4cc(-c6ccccc6)cc(-c6ccccc6)c4)c4cc(C(C)(C)C)cc2c43)-c2ccccc2C52c3ccccc3-c3ccccc32)cc1. The summed E-state index contributed by atoms with van der Waals surface area (Å²) in [5, 5.41) is 2.61. The average Bonchev–Trinajstić information content (AvgIpc) is 1.46. The van der Waals surface area contributed by atoms with E-state index in [4.69, 9.17) is 0 Å². The van der Waals surface area contributed by atoms with Crippen LogP contribution in [0.15, 0.2) is 291 Å². The fourth-order valence-electron chi connectivity index (χ4n) is 19.8. The predicted molar refractivity (Wildman–Crippen MR) is 498 cm³/mol. The summed E-state index contributed by atoms with van der Waals surface area (Å²) >= 11 is 0. The topological polar surface area (TPSA) is 11.4 Å². The van der Waals surface area contributed by atoms with Crippen LogP contribution in [0.2, 0.25) is 0 Å². The Morgan fingerprint density at radius 1 is 0.276 bits per heavy atom. The number of fused-ring (bicyclic) bond motifs is 17. The van der Waals surface area contributed by atoms with Crippen molar-refractivity contribution in [1.29, 1.82) is 0 Å². The van der Waals surface area contributed by atoms with E-state index in [0.29, 0.717) is 6.54 Å². The lowest BCUT2D eigenvalue weighted by Gasteiger charge is -2.46. The van der Waals surface area contributed by atoms with Gasteiger partial charge in [0.15, 0.2) is 0 Å². The molecular weight excluding hydrogens is 1400 g/mol. The zero-order valence-corrected chi connectivity index (χ0v) is 71.3. The van der Waals surface area contributed by atoms with Crippen molar-refractivity contribution >= 4 is 73.3 Å². The first-order valence-electron chi connectivity index (χ1n) is 42.4. The molecule has 4 heteroatoms. The minimum absolute atomic E-state index is 0.0339. The van der Waals surface area contributed by atoms with Gasteiger partial charge in [0, 0.05) is 68.8 Å². The molecule has 3 heterocycles. The van der Waals surface area contributed by atoms with E-state index in [1.54, 1.807) is 0 Å². The van der Waals surface area contributed by atoms with Crippen LogP contribution in [-0.2, 0) is 50.9 Å². The summed E-state index contributed by atoms with van der Waals surface area (Å²) in [5.74, 6) is 0. The Hall–Kier alpha value is -11.5. The number of rotatable bonds is 10. The lowest BCUT2D eigenvalue weighted by Crippen LogP contribution is -2.62. The Morgan fingerprint density at radius 2 is 0.707 bits per heavy atom. The van der Waals surface area contributed by atoms with E-state index >= 15 is 0 Å². The highest BCUT2D eigenvalue weighted by atomic mass is 15.2. The van der Waals surface area contributed by atoms with Crippen LogP contribution < -0.4 is 26.2 Å². The molecule has 0 bridgehead atoms. The van der Waals surface area contributed by atoms with Crippen LogP contribution in [0, 0.1) is 0 Å². The van der Waals surface area contributed by atoms with Crippen molar-refractivity contribution in [2.45, 2.75) is 175 Å². The molecule has 2 aliphatic heterocycles. The summed E-state index contributed by atoms with van der Waals surface area (Å²) in [6.07, 6.45) is 0.788. The van der Waals surface area contributed by atoms with E-state index in [0.717, 1.165) is 13.0 Å². The number of aromatic nitrogens is 1. The first-order valence-corrected chi connectivity index (χ1v) is 42.4. The highest BCUT2D eigenvalue weighted by Crippen LogP contribution is 2.64. The van der Waals surface area contributed by atoms with Gasteiger partial charge in [-0.05, 0) is 244 Å². The molecule has 19 rings (SSSR count). The minimum Gasteiger partial charge on any atom is -0.342 e. The van der Waals surface area contributed by atoms with E-state index in [2.05, 4.69) is 430 Å². The number of nitrogens with zero attached hydrogens (tertiary/aromatic N) is 3. The smallest absolute Gasteiger partial charge is 0.252 e.